The van der Waals surface area contributed by atoms with Crippen molar-refractivity contribution in [3.05, 3.63) is 28.7 Å². The molecule has 3 N–H and O–H groups in total. The number of amides is 1. The molecular formula is C14H22BrClN2OS. The number of hydrogen-bond donors (Lipinski definition) is 2. The Hall–Kier alpha value is -0.230. The zero-order valence-corrected chi connectivity index (χ0v) is 14.8. The summed E-state index contributed by atoms with van der Waals surface area (Å²) < 4.78 is 1.09. The minimum atomic E-state index is 0. The third-order valence-electron chi connectivity index (χ3n) is 2.68. The molecule has 0 aliphatic heterocycles. The van der Waals surface area contributed by atoms with E-state index in [2.05, 4.69) is 33.4 Å². The quantitative estimate of drug-likeness (QED) is 0.535. The van der Waals surface area contributed by atoms with E-state index in [1.54, 1.807) is 11.8 Å². The maximum absolute atomic E-state index is 11.6. The molecule has 1 atom stereocenters. The monoisotopic (exact) mass is 380 g/mol. The van der Waals surface area contributed by atoms with Gasteiger partial charge in [0.25, 0.3) is 0 Å². The zero-order valence-electron chi connectivity index (χ0n) is 11.6. The van der Waals surface area contributed by atoms with Gasteiger partial charge in [0.05, 0.1) is 0 Å². The van der Waals surface area contributed by atoms with Crippen LogP contribution in [0.15, 0.2) is 33.6 Å². The summed E-state index contributed by atoms with van der Waals surface area (Å²) in [6.07, 6.45) is 1.48. The highest BCUT2D eigenvalue weighted by atomic mass is 79.9. The predicted octanol–water partition coefficient (Wildman–Crippen LogP) is 3.45. The number of thioether (sulfide) groups is 1. The standard InChI is InChI=1S/C14H21BrN2OS.ClH/c1-11(9-16)10-17-14(18)3-2-8-19-13-6-4-12(15)5-7-13;/h4-7,11H,2-3,8-10,16H2,1H3,(H,17,18);1H. The van der Waals surface area contributed by atoms with Gasteiger partial charge in [-0.1, -0.05) is 22.9 Å². The smallest absolute Gasteiger partial charge is 0.220 e. The molecule has 114 valence electrons. The SMILES string of the molecule is CC(CN)CNC(=O)CCCSc1ccc(Br)cc1.Cl. The van der Waals surface area contributed by atoms with Gasteiger partial charge < -0.3 is 11.1 Å². The molecule has 0 spiro atoms. The van der Waals surface area contributed by atoms with Crippen molar-refractivity contribution in [1.82, 2.24) is 5.32 Å². The van der Waals surface area contributed by atoms with Crippen molar-refractivity contribution in [3.63, 3.8) is 0 Å². The lowest BCUT2D eigenvalue weighted by molar-refractivity contribution is -0.121. The Morgan fingerprint density at radius 1 is 1.40 bits per heavy atom. The Morgan fingerprint density at radius 2 is 2.05 bits per heavy atom. The summed E-state index contributed by atoms with van der Waals surface area (Å²) in [6.45, 7) is 3.32. The van der Waals surface area contributed by atoms with Gasteiger partial charge in [0.2, 0.25) is 5.91 Å². The average Bonchev–Trinajstić information content (AvgIpc) is 2.42. The molecule has 1 aromatic rings. The van der Waals surface area contributed by atoms with Crippen molar-refractivity contribution >= 4 is 46.0 Å². The Bertz CT molecular complexity index is 389. The van der Waals surface area contributed by atoms with Crippen LogP contribution < -0.4 is 11.1 Å². The Morgan fingerprint density at radius 3 is 2.65 bits per heavy atom. The summed E-state index contributed by atoms with van der Waals surface area (Å²) in [4.78, 5) is 12.8. The van der Waals surface area contributed by atoms with E-state index in [9.17, 15) is 4.79 Å². The molecule has 0 saturated carbocycles. The van der Waals surface area contributed by atoms with Crippen LogP contribution in [0.4, 0.5) is 0 Å². The van der Waals surface area contributed by atoms with Crippen LogP contribution in [0, 0.1) is 5.92 Å². The van der Waals surface area contributed by atoms with Crippen molar-refractivity contribution in [2.45, 2.75) is 24.7 Å². The van der Waals surface area contributed by atoms with Crippen molar-refractivity contribution in [2.75, 3.05) is 18.8 Å². The summed E-state index contributed by atoms with van der Waals surface area (Å²) in [5.74, 6) is 1.43. The van der Waals surface area contributed by atoms with Gasteiger partial charge in [0, 0.05) is 22.3 Å². The molecule has 1 unspecified atom stereocenters. The predicted molar refractivity (Wildman–Crippen MR) is 92.6 cm³/mol. The van der Waals surface area contributed by atoms with Crippen LogP contribution in [0.2, 0.25) is 0 Å². The highest BCUT2D eigenvalue weighted by Crippen LogP contribution is 2.21. The summed E-state index contributed by atoms with van der Waals surface area (Å²) in [5.41, 5.74) is 5.50. The first-order valence-corrected chi connectivity index (χ1v) is 8.25. The molecule has 0 aliphatic carbocycles. The van der Waals surface area contributed by atoms with Gasteiger partial charge in [-0.3, -0.25) is 4.79 Å². The summed E-state index contributed by atoms with van der Waals surface area (Å²) in [7, 11) is 0. The van der Waals surface area contributed by atoms with E-state index < -0.39 is 0 Å². The first-order valence-electron chi connectivity index (χ1n) is 6.47. The van der Waals surface area contributed by atoms with Crippen LogP contribution in [0.1, 0.15) is 19.8 Å². The number of carbonyl (C=O) groups is 1. The van der Waals surface area contributed by atoms with Crippen molar-refractivity contribution < 1.29 is 4.79 Å². The van der Waals surface area contributed by atoms with E-state index in [0.717, 1.165) is 16.6 Å². The van der Waals surface area contributed by atoms with E-state index >= 15 is 0 Å². The number of rotatable bonds is 8. The molecule has 0 aromatic heterocycles. The van der Waals surface area contributed by atoms with Gasteiger partial charge in [-0.25, -0.2) is 0 Å². The van der Waals surface area contributed by atoms with Crippen LogP contribution in [-0.4, -0.2) is 24.7 Å². The second-order valence-corrected chi connectivity index (χ2v) is 6.63. The number of hydrogen-bond acceptors (Lipinski definition) is 3. The Labute approximate surface area is 140 Å². The van der Waals surface area contributed by atoms with Gasteiger partial charge in [0.15, 0.2) is 0 Å². The molecule has 0 heterocycles. The van der Waals surface area contributed by atoms with Gasteiger partial charge in [-0.15, -0.1) is 24.2 Å². The number of benzene rings is 1. The fourth-order valence-electron chi connectivity index (χ4n) is 1.41. The maximum atomic E-state index is 11.6. The van der Waals surface area contributed by atoms with Gasteiger partial charge in [-0.05, 0) is 48.9 Å². The summed E-state index contributed by atoms with van der Waals surface area (Å²) in [6, 6.07) is 8.22. The molecule has 1 amide bonds. The molecule has 6 heteroatoms. The highest BCUT2D eigenvalue weighted by molar-refractivity contribution is 9.10. The van der Waals surface area contributed by atoms with Crippen LogP contribution in [0.5, 0.6) is 0 Å². The first kappa shape index (κ1) is 19.8. The maximum Gasteiger partial charge on any atom is 0.220 e. The fourth-order valence-corrected chi connectivity index (χ4v) is 2.53. The lowest BCUT2D eigenvalue weighted by Crippen LogP contribution is -2.31. The van der Waals surface area contributed by atoms with E-state index in [4.69, 9.17) is 5.73 Å². The second kappa shape index (κ2) is 11.4. The minimum absolute atomic E-state index is 0. The zero-order chi connectivity index (χ0) is 14.1. The molecule has 0 saturated heterocycles. The van der Waals surface area contributed by atoms with E-state index in [-0.39, 0.29) is 18.3 Å². The lowest BCUT2D eigenvalue weighted by Gasteiger charge is -2.09. The first-order chi connectivity index (χ1) is 9.11. The topological polar surface area (TPSA) is 55.1 Å². The van der Waals surface area contributed by atoms with Gasteiger partial charge in [0.1, 0.15) is 0 Å². The van der Waals surface area contributed by atoms with Gasteiger partial charge >= 0.3 is 0 Å². The Kier molecular flexibility index (Phi) is 11.3. The fraction of sp³-hybridized carbons (Fsp3) is 0.500. The largest absolute Gasteiger partial charge is 0.356 e. The molecule has 0 radical (unpaired) electrons. The third-order valence-corrected chi connectivity index (χ3v) is 4.31. The molecule has 0 aliphatic rings. The normalized spacial score (nSPS) is 11.6. The van der Waals surface area contributed by atoms with Crippen LogP contribution in [0.3, 0.4) is 0 Å². The number of halogens is 2. The third kappa shape index (κ3) is 8.84. The Balaban J connectivity index is 0.00000361. The molecule has 1 aromatic carbocycles. The molecule has 20 heavy (non-hydrogen) atoms. The second-order valence-electron chi connectivity index (χ2n) is 4.55. The molecule has 0 fully saturated rings. The van der Waals surface area contributed by atoms with Crippen LogP contribution >= 0.6 is 40.1 Å². The lowest BCUT2D eigenvalue weighted by atomic mass is 10.2. The molecule has 1 rings (SSSR count). The van der Waals surface area contributed by atoms with Crippen molar-refractivity contribution in [1.29, 1.82) is 0 Å². The molecular weight excluding hydrogens is 360 g/mol. The summed E-state index contributed by atoms with van der Waals surface area (Å²) in [5, 5.41) is 2.91. The van der Waals surface area contributed by atoms with E-state index in [0.29, 0.717) is 25.4 Å². The van der Waals surface area contributed by atoms with E-state index in [1.165, 1.54) is 4.90 Å². The summed E-state index contributed by atoms with van der Waals surface area (Å²) >= 11 is 5.19. The molecule has 0 bridgehead atoms. The number of carbonyl (C=O) groups excluding carboxylic acids is 1. The van der Waals surface area contributed by atoms with E-state index in [1.807, 2.05) is 19.1 Å². The van der Waals surface area contributed by atoms with Crippen molar-refractivity contribution in [2.24, 2.45) is 11.7 Å². The minimum Gasteiger partial charge on any atom is -0.356 e. The van der Waals surface area contributed by atoms with Crippen LogP contribution in [0.25, 0.3) is 0 Å². The number of nitrogens with two attached hydrogens (primary N) is 1. The molecule has 3 nitrogen and oxygen atoms in total. The number of nitrogens with one attached hydrogen (secondary N) is 1. The van der Waals surface area contributed by atoms with Crippen LogP contribution in [-0.2, 0) is 4.79 Å². The van der Waals surface area contributed by atoms with Crippen molar-refractivity contribution in [3.8, 4) is 0 Å². The highest BCUT2D eigenvalue weighted by Gasteiger charge is 2.04. The average molecular weight is 382 g/mol. The van der Waals surface area contributed by atoms with Gasteiger partial charge in [-0.2, -0.15) is 0 Å².